The Balaban J connectivity index is 1.96. The molecule has 0 bridgehead atoms. The third-order valence-corrected chi connectivity index (χ3v) is 3.53. The van der Waals surface area contributed by atoms with Crippen LogP contribution in [0.3, 0.4) is 0 Å². The predicted molar refractivity (Wildman–Crippen MR) is 81.8 cm³/mol. The number of esters is 1. The van der Waals surface area contributed by atoms with Crippen LogP contribution in [0.2, 0.25) is 0 Å². The highest BCUT2D eigenvalue weighted by molar-refractivity contribution is 5.89. The molecule has 0 radical (unpaired) electrons. The van der Waals surface area contributed by atoms with E-state index in [1.807, 2.05) is 0 Å². The van der Waals surface area contributed by atoms with Gasteiger partial charge < -0.3 is 14.8 Å². The molecule has 0 spiro atoms. The lowest BCUT2D eigenvalue weighted by atomic mass is 10.2. The fourth-order valence-electron chi connectivity index (χ4n) is 2.23. The molecule has 2 atom stereocenters. The topological polar surface area (TPSA) is 99.5 Å². The molecule has 1 saturated heterocycles. The highest BCUT2D eigenvalue weighted by Crippen LogP contribution is 2.27. The summed E-state index contributed by atoms with van der Waals surface area (Å²) >= 11 is 0. The van der Waals surface area contributed by atoms with Gasteiger partial charge in [0.05, 0.1) is 6.10 Å². The largest absolute Gasteiger partial charge is 0.463 e. The van der Waals surface area contributed by atoms with Gasteiger partial charge in [0.2, 0.25) is 5.91 Å². The smallest absolute Gasteiger partial charge is 0.351 e. The maximum Gasteiger partial charge on any atom is 0.351 e. The van der Waals surface area contributed by atoms with Crippen LogP contribution in [-0.4, -0.2) is 34.1 Å². The van der Waals surface area contributed by atoms with Crippen molar-refractivity contribution in [3.8, 4) is 0 Å². The van der Waals surface area contributed by atoms with Gasteiger partial charge in [-0.25, -0.2) is 4.79 Å². The number of amides is 1. The van der Waals surface area contributed by atoms with Crippen LogP contribution < -0.4 is 11.0 Å². The van der Waals surface area contributed by atoms with Crippen LogP contribution in [-0.2, 0) is 19.1 Å². The van der Waals surface area contributed by atoms with E-state index in [-0.39, 0.29) is 30.4 Å². The zero-order valence-corrected chi connectivity index (χ0v) is 13.3. The quantitative estimate of drug-likeness (QED) is 0.790. The summed E-state index contributed by atoms with van der Waals surface area (Å²) < 4.78 is 12.2. The van der Waals surface area contributed by atoms with E-state index in [9.17, 15) is 14.4 Å². The average molecular weight is 323 g/mol. The summed E-state index contributed by atoms with van der Waals surface area (Å²) in [5.41, 5.74) is -0.491. The van der Waals surface area contributed by atoms with Crippen LogP contribution in [0.25, 0.3) is 0 Å². The Morgan fingerprint density at radius 3 is 2.83 bits per heavy atom. The number of rotatable bonds is 6. The summed E-state index contributed by atoms with van der Waals surface area (Å²) in [5.74, 6) is -0.249. The van der Waals surface area contributed by atoms with Gasteiger partial charge in [-0.3, -0.25) is 14.2 Å². The van der Waals surface area contributed by atoms with Gasteiger partial charge in [0.15, 0.2) is 0 Å². The van der Waals surface area contributed by atoms with E-state index >= 15 is 0 Å². The minimum Gasteiger partial charge on any atom is -0.463 e. The van der Waals surface area contributed by atoms with Gasteiger partial charge in [0.25, 0.3) is 0 Å². The lowest BCUT2D eigenvalue weighted by Gasteiger charge is -2.16. The van der Waals surface area contributed by atoms with Gasteiger partial charge in [-0.05, 0) is 18.9 Å². The third-order valence-electron chi connectivity index (χ3n) is 3.53. The van der Waals surface area contributed by atoms with Gasteiger partial charge >= 0.3 is 11.7 Å². The van der Waals surface area contributed by atoms with E-state index in [1.165, 1.54) is 4.57 Å². The molecule has 1 aliphatic heterocycles. The minimum absolute atomic E-state index is 0.190. The molecule has 2 rings (SSSR count). The Kier molecular flexibility index (Phi) is 5.86. The fourth-order valence-corrected chi connectivity index (χ4v) is 2.23. The predicted octanol–water partition coefficient (Wildman–Crippen LogP) is 1.22. The second-order valence-electron chi connectivity index (χ2n) is 5.23. The normalized spacial score (nSPS) is 20.3. The summed E-state index contributed by atoms with van der Waals surface area (Å²) in [7, 11) is 0. The molecule has 0 aliphatic carbocycles. The molecule has 0 saturated carbocycles. The Bertz CT molecular complexity index is 628. The second-order valence-corrected chi connectivity index (χ2v) is 5.23. The summed E-state index contributed by atoms with van der Waals surface area (Å²) in [6.45, 7) is 3.63. The third kappa shape index (κ3) is 4.62. The Morgan fingerprint density at radius 1 is 1.39 bits per heavy atom. The van der Waals surface area contributed by atoms with Crippen molar-refractivity contribution in [1.29, 1.82) is 0 Å². The Morgan fingerprint density at radius 2 is 2.17 bits per heavy atom. The molecule has 1 amide bonds. The maximum atomic E-state index is 12.1. The van der Waals surface area contributed by atoms with E-state index in [0.29, 0.717) is 25.7 Å². The SMILES string of the molecule is CCC(=O)Nc1ccn([C@H]2CC[C@@H](COC(=O)CC)O2)c(=O)n1. The standard InChI is InChI=1S/C15H21N3O5/c1-3-12(19)16-11-7-8-18(15(21)17-11)13-6-5-10(23-13)9-22-14(20)4-2/h7-8,10,13H,3-6,9H2,1-2H3,(H,16,17,19,21)/t10-,13+/m0/s1. The molecule has 126 valence electrons. The maximum absolute atomic E-state index is 12.1. The van der Waals surface area contributed by atoms with Gasteiger partial charge in [-0.15, -0.1) is 0 Å². The number of anilines is 1. The zero-order valence-electron chi connectivity index (χ0n) is 13.3. The van der Waals surface area contributed by atoms with Crippen molar-refractivity contribution in [3.63, 3.8) is 0 Å². The van der Waals surface area contributed by atoms with E-state index in [0.717, 1.165) is 0 Å². The van der Waals surface area contributed by atoms with Gasteiger partial charge in [0, 0.05) is 19.0 Å². The number of hydrogen-bond donors (Lipinski definition) is 1. The van der Waals surface area contributed by atoms with Crippen molar-refractivity contribution < 1.29 is 19.1 Å². The van der Waals surface area contributed by atoms with E-state index < -0.39 is 11.9 Å². The first-order valence-electron chi connectivity index (χ1n) is 7.73. The molecule has 1 fully saturated rings. The molecule has 1 N–H and O–H groups in total. The van der Waals surface area contributed by atoms with Crippen LogP contribution in [0.4, 0.5) is 5.82 Å². The van der Waals surface area contributed by atoms with Crippen LogP contribution in [0.5, 0.6) is 0 Å². The number of hydrogen-bond acceptors (Lipinski definition) is 6. The number of carbonyl (C=O) groups excluding carboxylic acids is 2. The van der Waals surface area contributed by atoms with Crippen molar-refractivity contribution in [3.05, 3.63) is 22.7 Å². The second kappa shape index (κ2) is 7.87. The van der Waals surface area contributed by atoms with Crippen molar-refractivity contribution in [2.75, 3.05) is 11.9 Å². The van der Waals surface area contributed by atoms with Crippen LogP contribution in [0, 0.1) is 0 Å². The highest BCUT2D eigenvalue weighted by Gasteiger charge is 2.28. The lowest BCUT2D eigenvalue weighted by molar-refractivity contribution is -0.148. The molecule has 1 aromatic heterocycles. The van der Waals surface area contributed by atoms with Crippen LogP contribution >= 0.6 is 0 Å². The molecule has 1 aliphatic rings. The number of carbonyl (C=O) groups is 2. The van der Waals surface area contributed by atoms with Crippen molar-refractivity contribution in [2.45, 2.75) is 51.9 Å². The summed E-state index contributed by atoms with van der Waals surface area (Å²) in [5, 5.41) is 2.54. The molecule has 2 heterocycles. The van der Waals surface area contributed by atoms with Crippen LogP contribution in [0.15, 0.2) is 17.1 Å². The average Bonchev–Trinajstić information content (AvgIpc) is 3.01. The minimum atomic E-state index is -0.491. The Hall–Kier alpha value is -2.22. The highest BCUT2D eigenvalue weighted by atomic mass is 16.6. The van der Waals surface area contributed by atoms with Crippen molar-refractivity contribution in [2.24, 2.45) is 0 Å². The van der Waals surface area contributed by atoms with Gasteiger partial charge in [-0.2, -0.15) is 4.98 Å². The molecule has 0 aromatic carbocycles. The molecule has 8 nitrogen and oxygen atoms in total. The summed E-state index contributed by atoms with van der Waals surface area (Å²) in [6.07, 6.45) is 2.86. The molecule has 1 aromatic rings. The summed E-state index contributed by atoms with van der Waals surface area (Å²) in [6, 6.07) is 1.56. The molecule has 23 heavy (non-hydrogen) atoms. The van der Waals surface area contributed by atoms with Crippen LogP contribution in [0.1, 0.15) is 45.8 Å². The first-order valence-corrected chi connectivity index (χ1v) is 7.73. The molecular formula is C15H21N3O5. The number of ether oxygens (including phenoxy) is 2. The first kappa shape index (κ1) is 17.1. The number of nitrogens with one attached hydrogen (secondary N) is 1. The number of nitrogens with zero attached hydrogens (tertiary/aromatic N) is 2. The molecular weight excluding hydrogens is 302 g/mol. The molecule has 8 heteroatoms. The zero-order chi connectivity index (χ0) is 16.8. The van der Waals surface area contributed by atoms with E-state index in [1.54, 1.807) is 26.1 Å². The fraction of sp³-hybridized carbons (Fsp3) is 0.600. The van der Waals surface area contributed by atoms with Gasteiger partial charge in [0.1, 0.15) is 18.7 Å². The lowest BCUT2D eigenvalue weighted by Crippen LogP contribution is -2.28. The van der Waals surface area contributed by atoms with Crippen molar-refractivity contribution in [1.82, 2.24) is 9.55 Å². The van der Waals surface area contributed by atoms with E-state index in [2.05, 4.69) is 10.3 Å². The molecule has 0 unspecified atom stereocenters. The number of aromatic nitrogens is 2. The van der Waals surface area contributed by atoms with Gasteiger partial charge in [-0.1, -0.05) is 13.8 Å². The summed E-state index contributed by atoms with van der Waals surface area (Å²) in [4.78, 5) is 38.3. The van der Waals surface area contributed by atoms with Crippen molar-refractivity contribution >= 4 is 17.7 Å². The Labute approximate surface area is 133 Å². The first-order chi connectivity index (χ1) is 11.0. The monoisotopic (exact) mass is 323 g/mol. The van der Waals surface area contributed by atoms with E-state index in [4.69, 9.17) is 9.47 Å².